The van der Waals surface area contributed by atoms with Crippen molar-refractivity contribution in [2.45, 2.75) is 20.0 Å². The molecule has 0 aromatic heterocycles. The number of rotatable bonds is 16. The summed E-state index contributed by atoms with van der Waals surface area (Å²) in [5.74, 6) is -1.75. The quantitative estimate of drug-likeness (QED) is 0.0810. The number of hydrogen-bond acceptors (Lipinski definition) is 6. The Morgan fingerprint density at radius 1 is 0.421 bits per heavy atom. The van der Waals surface area contributed by atoms with Crippen molar-refractivity contribution in [3.63, 3.8) is 0 Å². The van der Waals surface area contributed by atoms with Crippen molar-refractivity contribution < 1.29 is 53.4 Å². The number of carbonyl (C=O) groups is 3. The number of esters is 3. The minimum atomic E-state index is -2.57. The van der Waals surface area contributed by atoms with E-state index in [0.29, 0.717) is 0 Å². The van der Waals surface area contributed by atoms with Crippen LogP contribution in [0.2, 0.25) is 0 Å². The molecule has 6 aromatic rings. The Morgan fingerprint density at radius 2 is 0.684 bits per heavy atom. The van der Waals surface area contributed by atoms with E-state index in [0.717, 1.165) is 31.8 Å². The largest absolute Gasteiger partial charge is 1.00 e. The molecule has 57 heavy (non-hydrogen) atoms. The minimum absolute atomic E-state index is 0. The van der Waals surface area contributed by atoms with E-state index in [2.05, 4.69) is 72.8 Å². The molecule has 6 aromatic carbocycles. The smallest absolute Gasteiger partial charge is 0.345 e. The van der Waals surface area contributed by atoms with E-state index in [4.69, 9.17) is 14.2 Å². The Morgan fingerprint density at radius 3 is 0.965 bits per heavy atom. The first-order valence-corrected chi connectivity index (χ1v) is 22.4. The zero-order valence-electron chi connectivity index (χ0n) is 31.9. The molecule has 0 N–H and O–H groups in total. The highest BCUT2D eigenvalue weighted by molar-refractivity contribution is 7.96. The summed E-state index contributed by atoms with van der Waals surface area (Å²) in [6, 6.07) is 60.4. The van der Waals surface area contributed by atoms with Crippen LogP contribution in [-0.4, -0.2) is 49.5 Å². The van der Waals surface area contributed by atoms with Crippen molar-refractivity contribution in [1.29, 1.82) is 0 Å². The Labute approximate surface area is 349 Å². The molecule has 294 valence electrons. The average molecular weight is 840 g/mol. The lowest BCUT2D eigenvalue weighted by atomic mass is 10.2. The Balaban J connectivity index is 0.00000360. The molecule has 10 heteroatoms. The Bertz CT molecular complexity index is 1930. The van der Waals surface area contributed by atoms with Gasteiger partial charge in [0.1, 0.15) is 59.6 Å². The van der Waals surface area contributed by atoms with Crippen LogP contribution in [0.25, 0.3) is 0 Å². The molecule has 0 saturated carbocycles. The van der Waals surface area contributed by atoms with Crippen LogP contribution in [0.1, 0.15) is 13.8 Å². The van der Waals surface area contributed by atoms with Crippen molar-refractivity contribution in [2.75, 3.05) is 25.5 Å². The average Bonchev–Trinajstić information content (AvgIpc) is 3.24. The standard InChI is InChI=1S/C47H46O6P2.2ClH/c1-37(2)47(50)52-34-38(53-46(49)36-55(42-27-15-6-16-28-42,43-29-17-7-18-30-43)44-31-19-8-20-32-44)33-51-45(48)35-54(39-21-9-3-10-22-39,40-23-11-4-12-24-40)41-25-13-5-14-26-41;;/h3-32,37-38H,33-36H2,1-2H3;2*1H/q+2;;/p-2. The molecule has 0 fully saturated rings. The van der Waals surface area contributed by atoms with Gasteiger partial charge in [0.25, 0.3) is 0 Å². The van der Waals surface area contributed by atoms with E-state index >= 15 is 0 Å². The number of ether oxygens (including phenoxy) is 3. The highest BCUT2D eigenvalue weighted by Crippen LogP contribution is 2.56. The summed E-state index contributed by atoms with van der Waals surface area (Å²) < 4.78 is 17.8. The Kier molecular flexibility index (Phi) is 17.0. The molecule has 0 heterocycles. The van der Waals surface area contributed by atoms with Crippen LogP contribution >= 0.6 is 14.5 Å². The van der Waals surface area contributed by atoms with Gasteiger partial charge in [0.2, 0.25) is 0 Å². The molecule has 0 amide bonds. The lowest BCUT2D eigenvalue weighted by Crippen LogP contribution is -3.00. The first-order valence-electron chi connectivity index (χ1n) is 18.4. The molecule has 0 saturated heterocycles. The second kappa shape index (κ2) is 21.6. The van der Waals surface area contributed by atoms with Gasteiger partial charge in [0.05, 0.1) is 5.92 Å². The third-order valence-electron chi connectivity index (χ3n) is 9.53. The van der Waals surface area contributed by atoms with E-state index in [1.165, 1.54) is 0 Å². The van der Waals surface area contributed by atoms with Gasteiger partial charge in [-0.15, -0.1) is 0 Å². The predicted octanol–water partition coefficient (Wildman–Crippen LogP) is 0.637. The van der Waals surface area contributed by atoms with Crippen molar-refractivity contribution >= 4 is 64.3 Å². The lowest BCUT2D eigenvalue weighted by molar-refractivity contribution is -0.165. The van der Waals surface area contributed by atoms with Gasteiger partial charge in [-0.05, 0) is 72.8 Å². The topological polar surface area (TPSA) is 78.9 Å². The number of benzene rings is 6. The monoisotopic (exact) mass is 838 g/mol. The van der Waals surface area contributed by atoms with Gasteiger partial charge in [-0.25, -0.2) is 9.59 Å². The van der Waals surface area contributed by atoms with E-state index in [1.54, 1.807) is 13.8 Å². The highest BCUT2D eigenvalue weighted by atomic mass is 35.5. The second-order valence-corrected chi connectivity index (χ2v) is 20.5. The maximum Gasteiger partial charge on any atom is 0.345 e. The fraction of sp³-hybridized carbons (Fsp3) is 0.170. The predicted molar refractivity (Wildman–Crippen MR) is 227 cm³/mol. The molecule has 0 bridgehead atoms. The highest BCUT2D eigenvalue weighted by Gasteiger charge is 2.49. The first kappa shape index (κ1) is 44.9. The van der Waals surface area contributed by atoms with Crippen LogP contribution in [0.15, 0.2) is 182 Å². The molecule has 1 unspecified atom stereocenters. The van der Waals surface area contributed by atoms with Gasteiger partial charge in [0, 0.05) is 0 Å². The molecule has 6 rings (SSSR count). The van der Waals surface area contributed by atoms with Crippen molar-refractivity contribution in [3.8, 4) is 0 Å². The molecule has 0 spiro atoms. The van der Waals surface area contributed by atoms with Gasteiger partial charge in [-0.2, -0.15) is 0 Å². The van der Waals surface area contributed by atoms with Crippen LogP contribution < -0.4 is 56.6 Å². The summed E-state index contributed by atoms with van der Waals surface area (Å²) in [6.07, 6.45) is -0.887. The van der Waals surface area contributed by atoms with Crippen molar-refractivity contribution in [1.82, 2.24) is 0 Å². The summed E-state index contributed by atoms with van der Waals surface area (Å²) in [7, 11) is -5.11. The normalized spacial score (nSPS) is 11.6. The Hall–Kier alpha value is -4.83. The molecule has 0 aliphatic heterocycles. The number of carbonyl (C=O) groups excluding carboxylic acids is 3. The van der Waals surface area contributed by atoms with Crippen LogP contribution in [-0.2, 0) is 28.6 Å². The molecular weight excluding hydrogens is 793 g/mol. The zero-order valence-corrected chi connectivity index (χ0v) is 35.2. The van der Waals surface area contributed by atoms with Gasteiger partial charge in [-0.1, -0.05) is 123 Å². The van der Waals surface area contributed by atoms with Crippen molar-refractivity contribution in [2.24, 2.45) is 5.92 Å². The fourth-order valence-corrected chi connectivity index (χ4v) is 14.7. The first-order chi connectivity index (χ1) is 26.8. The van der Waals surface area contributed by atoms with E-state index in [9.17, 15) is 14.4 Å². The molecule has 0 radical (unpaired) electrons. The van der Waals surface area contributed by atoms with Crippen LogP contribution in [0.4, 0.5) is 0 Å². The van der Waals surface area contributed by atoms with Crippen LogP contribution in [0, 0.1) is 5.92 Å². The molecule has 0 aliphatic carbocycles. The maximum absolute atomic E-state index is 14.3. The molecule has 0 aliphatic rings. The van der Waals surface area contributed by atoms with E-state index in [-0.39, 0.29) is 56.3 Å². The molecule has 6 nitrogen and oxygen atoms in total. The van der Waals surface area contributed by atoms with Crippen LogP contribution in [0.5, 0.6) is 0 Å². The van der Waals surface area contributed by atoms with Gasteiger partial charge in [-0.3, -0.25) is 4.79 Å². The summed E-state index contributed by atoms with van der Waals surface area (Å²) in [4.78, 5) is 41.1. The SMILES string of the molecule is CC(C)C(=O)OCC(COC(=O)C[P+](c1ccccc1)(c1ccccc1)c1ccccc1)OC(=O)C[P+](c1ccccc1)(c1ccccc1)c1ccccc1.[Cl-].[Cl-]. The zero-order chi connectivity index (χ0) is 38.5. The third-order valence-corrected chi connectivity index (χ3v) is 18.1. The number of halogens is 2. The summed E-state index contributed by atoms with van der Waals surface area (Å²) in [5.41, 5.74) is 0. The van der Waals surface area contributed by atoms with E-state index < -0.39 is 38.5 Å². The lowest BCUT2D eigenvalue weighted by Gasteiger charge is -2.28. The fourth-order valence-electron chi connectivity index (χ4n) is 6.84. The van der Waals surface area contributed by atoms with Crippen molar-refractivity contribution in [3.05, 3.63) is 182 Å². The third kappa shape index (κ3) is 10.8. The molecule has 1 atom stereocenters. The molecular formula is C47H46Cl2O6P2. The summed E-state index contributed by atoms with van der Waals surface area (Å²) in [5, 5.41) is 6.22. The van der Waals surface area contributed by atoms with Crippen LogP contribution in [0.3, 0.4) is 0 Å². The maximum atomic E-state index is 14.3. The van der Waals surface area contributed by atoms with Gasteiger partial charge in [0.15, 0.2) is 18.4 Å². The number of hydrogen-bond donors (Lipinski definition) is 0. The second-order valence-electron chi connectivity index (χ2n) is 13.5. The summed E-state index contributed by atoms with van der Waals surface area (Å²) >= 11 is 0. The van der Waals surface area contributed by atoms with Gasteiger partial charge < -0.3 is 39.0 Å². The van der Waals surface area contributed by atoms with E-state index in [1.807, 2.05) is 109 Å². The summed E-state index contributed by atoms with van der Waals surface area (Å²) in [6.45, 7) is 2.95. The van der Waals surface area contributed by atoms with Gasteiger partial charge >= 0.3 is 17.9 Å². The minimum Gasteiger partial charge on any atom is -1.00 e.